The Morgan fingerprint density at radius 2 is 0.649 bits per heavy atom. The molecule has 0 radical (unpaired) electrons. The molecule has 0 bridgehead atoms. The minimum atomic E-state index is -0.0401. The van der Waals surface area contributed by atoms with Crippen molar-refractivity contribution in [2.45, 2.75) is 355 Å². The van der Waals surface area contributed by atoms with Crippen molar-refractivity contribution in [2.24, 2.45) is 11.8 Å². The Morgan fingerprint density at radius 3 is 1.10 bits per heavy atom. The number of hydrogen-bond acceptors (Lipinski definition) is 8. The second kappa shape index (κ2) is 58.5. The molecule has 9 heteroatoms. The van der Waals surface area contributed by atoms with Crippen LogP contribution in [-0.2, 0) is 33.4 Å². The van der Waals surface area contributed by atoms with Crippen LogP contribution in [0.4, 0.5) is 0 Å². The highest BCUT2D eigenvalue weighted by molar-refractivity contribution is 5.76. The van der Waals surface area contributed by atoms with E-state index < -0.39 is 0 Å². The van der Waals surface area contributed by atoms with Crippen molar-refractivity contribution in [2.75, 3.05) is 47.0 Å². The highest BCUT2D eigenvalue weighted by atomic mass is 16.5. The minimum absolute atomic E-state index is 0.0185. The molecule has 3 unspecified atom stereocenters. The average molecular weight is 1090 g/mol. The standard InChI is InChI=1S/C68H132N2O7/c1-8-13-17-20-21-28-35-46-59-75-66(72)54-40-33-26-27-34-44-58-70(65(71)53-43-45-57-69(6)7)64(51-38-29-22-24-31-41-55-67(73)76-60-62(47-12-5)49-36-18-14-9-2)52-39-30-23-25-32-42-56-68(74)77-61-63(48-16-11-4)50-37-19-15-10-3/h62-64H,8-61H2,1-7H3. The fraction of sp³-hybridized carbons (Fsp3) is 0.941. The van der Waals surface area contributed by atoms with E-state index in [0.29, 0.717) is 63.2 Å². The highest BCUT2D eigenvalue weighted by Crippen LogP contribution is 2.24. The topological polar surface area (TPSA) is 102 Å². The van der Waals surface area contributed by atoms with Crippen LogP contribution >= 0.6 is 0 Å². The smallest absolute Gasteiger partial charge is 0.305 e. The number of hydrogen-bond donors (Lipinski definition) is 0. The average Bonchev–Trinajstić information content (AvgIpc) is 3.41. The lowest BCUT2D eigenvalue weighted by Gasteiger charge is -2.33. The molecule has 0 aliphatic rings. The van der Waals surface area contributed by atoms with Crippen molar-refractivity contribution in [3.63, 3.8) is 0 Å². The number of ether oxygens (including phenoxy) is 3. The summed E-state index contributed by atoms with van der Waals surface area (Å²) in [5.74, 6) is 1.27. The predicted molar refractivity (Wildman–Crippen MR) is 329 cm³/mol. The van der Waals surface area contributed by atoms with Crippen LogP contribution in [0.25, 0.3) is 0 Å². The molecular formula is C68H132N2O7. The third-order valence-electron chi connectivity index (χ3n) is 16.2. The maximum absolute atomic E-state index is 14.2. The molecule has 0 rings (SSSR count). The first-order chi connectivity index (χ1) is 37.6. The van der Waals surface area contributed by atoms with Crippen molar-refractivity contribution < 1.29 is 33.4 Å². The van der Waals surface area contributed by atoms with Gasteiger partial charge < -0.3 is 24.0 Å². The van der Waals surface area contributed by atoms with Gasteiger partial charge in [0.05, 0.1) is 19.8 Å². The summed E-state index contributed by atoms with van der Waals surface area (Å²) in [6.45, 7) is 14.8. The maximum Gasteiger partial charge on any atom is 0.305 e. The summed E-state index contributed by atoms with van der Waals surface area (Å²) in [7, 11) is 4.22. The number of amides is 1. The van der Waals surface area contributed by atoms with Crippen molar-refractivity contribution >= 4 is 23.8 Å². The van der Waals surface area contributed by atoms with E-state index in [1.54, 1.807) is 0 Å². The van der Waals surface area contributed by atoms with Crippen molar-refractivity contribution in [3.8, 4) is 0 Å². The van der Waals surface area contributed by atoms with Gasteiger partial charge in [0.15, 0.2) is 0 Å². The first kappa shape index (κ1) is 74.8. The number of carbonyl (C=O) groups excluding carboxylic acids is 4. The van der Waals surface area contributed by atoms with Crippen molar-refractivity contribution in [3.05, 3.63) is 0 Å². The lowest BCUT2D eigenvalue weighted by atomic mass is 9.96. The van der Waals surface area contributed by atoms with Crippen LogP contribution in [0.1, 0.15) is 349 Å². The van der Waals surface area contributed by atoms with Crippen molar-refractivity contribution in [1.29, 1.82) is 0 Å². The zero-order valence-corrected chi connectivity index (χ0v) is 52.7. The summed E-state index contributed by atoms with van der Waals surface area (Å²) in [5.41, 5.74) is 0. The molecule has 3 atom stereocenters. The molecule has 77 heavy (non-hydrogen) atoms. The Balaban J connectivity index is 5.22. The molecule has 0 N–H and O–H groups in total. The van der Waals surface area contributed by atoms with Crippen LogP contribution in [-0.4, -0.2) is 86.7 Å². The van der Waals surface area contributed by atoms with Crippen LogP contribution in [0, 0.1) is 11.8 Å². The highest BCUT2D eigenvalue weighted by Gasteiger charge is 2.23. The Hall–Kier alpha value is -2.16. The lowest BCUT2D eigenvalue weighted by molar-refractivity contribution is -0.146. The molecule has 456 valence electrons. The third-order valence-corrected chi connectivity index (χ3v) is 16.2. The van der Waals surface area contributed by atoms with Crippen LogP contribution < -0.4 is 0 Å². The molecule has 0 aromatic heterocycles. The molecule has 0 fully saturated rings. The summed E-state index contributed by atoms with van der Waals surface area (Å²) < 4.78 is 17.1. The zero-order chi connectivity index (χ0) is 56.5. The van der Waals surface area contributed by atoms with E-state index in [4.69, 9.17) is 14.2 Å². The number of esters is 3. The van der Waals surface area contributed by atoms with E-state index in [9.17, 15) is 19.2 Å². The molecule has 0 aliphatic carbocycles. The minimum Gasteiger partial charge on any atom is -0.466 e. The van der Waals surface area contributed by atoms with Gasteiger partial charge in [-0.15, -0.1) is 0 Å². The molecule has 0 aromatic carbocycles. The number of unbranched alkanes of at least 4 members (excludes halogenated alkanes) is 30. The van der Waals surface area contributed by atoms with Gasteiger partial charge in [-0.3, -0.25) is 19.2 Å². The molecule has 0 saturated heterocycles. The fourth-order valence-corrected chi connectivity index (χ4v) is 11.1. The van der Waals surface area contributed by atoms with Gasteiger partial charge in [-0.2, -0.15) is 0 Å². The molecule has 0 heterocycles. The zero-order valence-electron chi connectivity index (χ0n) is 52.7. The first-order valence-corrected chi connectivity index (χ1v) is 34.0. The Labute approximate surface area is 479 Å². The Bertz CT molecular complexity index is 1290. The number of nitrogens with zero attached hydrogens (tertiary/aromatic N) is 2. The summed E-state index contributed by atoms with van der Waals surface area (Å²) in [5, 5.41) is 0. The van der Waals surface area contributed by atoms with E-state index in [1.165, 1.54) is 135 Å². The SMILES string of the molecule is CCCCCCCCCCOC(=O)CCCCCCCCN(C(=O)CCCCN(C)C)C(CCCCCCCCC(=O)OCC(CCC)CCCCCC)CCCCCCCCC(=O)OCC(CCCC)CCCCCC. The second-order valence-electron chi connectivity index (χ2n) is 24.1. The Kier molecular flexibility index (Phi) is 56.9. The second-order valence-corrected chi connectivity index (χ2v) is 24.1. The van der Waals surface area contributed by atoms with Crippen LogP contribution in [0.3, 0.4) is 0 Å². The molecule has 9 nitrogen and oxygen atoms in total. The van der Waals surface area contributed by atoms with Crippen LogP contribution in [0.15, 0.2) is 0 Å². The van der Waals surface area contributed by atoms with Gasteiger partial charge in [-0.1, -0.05) is 240 Å². The molecule has 0 spiro atoms. The normalized spacial score (nSPS) is 12.7. The van der Waals surface area contributed by atoms with Gasteiger partial charge >= 0.3 is 17.9 Å². The molecule has 1 amide bonds. The van der Waals surface area contributed by atoms with Gasteiger partial charge in [-0.05, 0) is 116 Å². The largest absolute Gasteiger partial charge is 0.466 e. The van der Waals surface area contributed by atoms with E-state index in [0.717, 1.165) is 167 Å². The quantitative estimate of drug-likeness (QED) is 0.0337. The lowest BCUT2D eigenvalue weighted by Crippen LogP contribution is -2.41. The van der Waals surface area contributed by atoms with E-state index in [-0.39, 0.29) is 23.9 Å². The number of carbonyl (C=O) groups is 4. The van der Waals surface area contributed by atoms with E-state index in [1.807, 2.05) is 0 Å². The molecule has 0 aliphatic heterocycles. The Morgan fingerprint density at radius 1 is 0.312 bits per heavy atom. The summed E-state index contributed by atoms with van der Waals surface area (Å²) >= 11 is 0. The number of rotatable bonds is 61. The maximum atomic E-state index is 14.2. The first-order valence-electron chi connectivity index (χ1n) is 34.0. The van der Waals surface area contributed by atoms with E-state index in [2.05, 4.69) is 58.5 Å². The molecule has 0 saturated carbocycles. The van der Waals surface area contributed by atoms with Gasteiger partial charge in [-0.25, -0.2) is 0 Å². The van der Waals surface area contributed by atoms with Gasteiger partial charge in [0.25, 0.3) is 0 Å². The molecule has 0 aromatic rings. The van der Waals surface area contributed by atoms with Crippen molar-refractivity contribution in [1.82, 2.24) is 9.80 Å². The third kappa shape index (κ3) is 51.7. The molecular weight excluding hydrogens is 957 g/mol. The summed E-state index contributed by atoms with van der Waals surface area (Å²) in [6, 6.07) is 0.272. The van der Waals surface area contributed by atoms with E-state index >= 15 is 0 Å². The van der Waals surface area contributed by atoms with Crippen LogP contribution in [0.2, 0.25) is 0 Å². The summed E-state index contributed by atoms with van der Waals surface area (Å²) in [6.07, 6.45) is 54.1. The fourth-order valence-electron chi connectivity index (χ4n) is 11.1. The van der Waals surface area contributed by atoms with Crippen LogP contribution in [0.5, 0.6) is 0 Å². The summed E-state index contributed by atoms with van der Waals surface area (Å²) in [4.78, 5) is 56.4. The van der Waals surface area contributed by atoms with Gasteiger partial charge in [0.1, 0.15) is 0 Å². The predicted octanol–water partition coefficient (Wildman–Crippen LogP) is 19.8. The monoisotopic (exact) mass is 1090 g/mol. The van der Waals surface area contributed by atoms with Gasteiger partial charge in [0.2, 0.25) is 5.91 Å². The van der Waals surface area contributed by atoms with Gasteiger partial charge in [0, 0.05) is 38.3 Å².